The third-order valence-electron chi connectivity index (χ3n) is 3.75. The summed E-state index contributed by atoms with van der Waals surface area (Å²) in [6.45, 7) is 1.72. The number of fused-ring (bicyclic) bond motifs is 2. The van der Waals surface area contributed by atoms with Crippen molar-refractivity contribution < 1.29 is 4.79 Å². The van der Waals surface area contributed by atoms with Gasteiger partial charge in [0.05, 0.1) is 0 Å². The maximum Gasteiger partial charge on any atom is 0.132 e. The van der Waals surface area contributed by atoms with Crippen LogP contribution in [0.1, 0.15) is 32.6 Å². The van der Waals surface area contributed by atoms with Crippen LogP contribution in [0.15, 0.2) is 0 Å². The standard InChI is InChI=1S/C10H17NO/c1-6(12)9-4-7-2-3-8(5-9)10(7)11/h7-10H,2-5,11H2,1H3. The molecule has 2 heteroatoms. The van der Waals surface area contributed by atoms with E-state index in [1.54, 1.807) is 6.92 Å². The molecule has 0 heterocycles. The average Bonchev–Trinajstić information content (AvgIpc) is 2.30. The van der Waals surface area contributed by atoms with Crippen molar-refractivity contribution in [3.05, 3.63) is 0 Å². The maximum atomic E-state index is 11.2. The van der Waals surface area contributed by atoms with E-state index in [1.807, 2.05) is 0 Å². The predicted molar refractivity (Wildman–Crippen MR) is 47.6 cm³/mol. The van der Waals surface area contributed by atoms with Gasteiger partial charge in [-0.1, -0.05) is 0 Å². The molecule has 2 unspecified atom stereocenters. The van der Waals surface area contributed by atoms with E-state index in [2.05, 4.69) is 0 Å². The molecule has 68 valence electrons. The number of carbonyl (C=O) groups is 1. The van der Waals surface area contributed by atoms with Crippen LogP contribution in [0.4, 0.5) is 0 Å². The molecule has 0 amide bonds. The molecule has 0 radical (unpaired) electrons. The molecule has 12 heavy (non-hydrogen) atoms. The van der Waals surface area contributed by atoms with Crippen molar-refractivity contribution in [3.8, 4) is 0 Å². The van der Waals surface area contributed by atoms with Crippen molar-refractivity contribution in [2.75, 3.05) is 0 Å². The molecule has 2 aliphatic carbocycles. The minimum Gasteiger partial charge on any atom is -0.327 e. The molecule has 0 spiro atoms. The number of Topliss-reactive ketones (excluding diaryl/α,β-unsaturated/α-hetero) is 1. The van der Waals surface area contributed by atoms with Crippen LogP contribution in [0.5, 0.6) is 0 Å². The summed E-state index contributed by atoms with van der Waals surface area (Å²) in [4.78, 5) is 11.2. The average molecular weight is 167 g/mol. The van der Waals surface area contributed by atoms with Crippen molar-refractivity contribution in [2.24, 2.45) is 23.5 Å². The number of nitrogens with two attached hydrogens (primary N) is 1. The second-order valence-electron chi connectivity index (χ2n) is 4.45. The van der Waals surface area contributed by atoms with Crippen molar-refractivity contribution in [3.63, 3.8) is 0 Å². The topological polar surface area (TPSA) is 43.1 Å². The second kappa shape index (κ2) is 2.84. The Balaban J connectivity index is 2.07. The highest BCUT2D eigenvalue weighted by Crippen LogP contribution is 2.43. The van der Waals surface area contributed by atoms with Gasteiger partial charge in [0.1, 0.15) is 5.78 Å². The van der Waals surface area contributed by atoms with E-state index < -0.39 is 0 Å². The Kier molecular flexibility index (Phi) is 1.95. The van der Waals surface area contributed by atoms with Crippen LogP contribution in [0, 0.1) is 17.8 Å². The van der Waals surface area contributed by atoms with E-state index in [-0.39, 0.29) is 0 Å². The van der Waals surface area contributed by atoms with Crippen LogP contribution in [-0.4, -0.2) is 11.8 Å². The Morgan fingerprint density at radius 3 is 2.17 bits per heavy atom. The van der Waals surface area contributed by atoms with E-state index in [9.17, 15) is 4.79 Å². The fourth-order valence-corrected chi connectivity index (χ4v) is 2.91. The zero-order valence-corrected chi connectivity index (χ0v) is 7.62. The fourth-order valence-electron chi connectivity index (χ4n) is 2.91. The van der Waals surface area contributed by atoms with Gasteiger partial charge in [-0.05, 0) is 44.4 Å². The molecule has 0 aliphatic heterocycles. The number of hydrogen-bond donors (Lipinski definition) is 1. The Labute approximate surface area is 73.5 Å². The molecule has 2 fully saturated rings. The van der Waals surface area contributed by atoms with E-state index in [0.29, 0.717) is 29.6 Å². The Bertz CT molecular complexity index is 188. The second-order valence-corrected chi connectivity index (χ2v) is 4.45. The minimum atomic E-state index is 0.335. The van der Waals surface area contributed by atoms with Gasteiger partial charge in [0.2, 0.25) is 0 Å². The molecular weight excluding hydrogens is 150 g/mol. The molecule has 2 saturated carbocycles. The summed E-state index contributed by atoms with van der Waals surface area (Å²) in [6, 6.07) is 0.403. The van der Waals surface area contributed by atoms with Crippen LogP contribution in [0.25, 0.3) is 0 Å². The molecular formula is C10H17NO. The van der Waals surface area contributed by atoms with E-state index in [4.69, 9.17) is 5.73 Å². The lowest BCUT2D eigenvalue weighted by Crippen LogP contribution is -2.39. The Morgan fingerprint density at radius 2 is 1.75 bits per heavy atom. The van der Waals surface area contributed by atoms with Crippen molar-refractivity contribution in [2.45, 2.75) is 38.6 Å². The third-order valence-corrected chi connectivity index (χ3v) is 3.75. The van der Waals surface area contributed by atoms with Crippen LogP contribution >= 0.6 is 0 Å². The maximum absolute atomic E-state index is 11.2. The lowest BCUT2D eigenvalue weighted by Gasteiger charge is -2.31. The summed E-state index contributed by atoms with van der Waals surface area (Å²) in [5.74, 6) is 2.01. The van der Waals surface area contributed by atoms with Crippen molar-refractivity contribution >= 4 is 5.78 Å². The number of rotatable bonds is 1. The van der Waals surface area contributed by atoms with Gasteiger partial charge in [0.15, 0.2) is 0 Å². The first-order chi connectivity index (χ1) is 5.68. The van der Waals surface area contributed by atoms with Crippen LogP contribution in [-0.2, 0) is 4.79 Å². The Hall–Kier alpha value is -0.370. The molecule has 2 bridgehead atoms. The van der Waals surface area contributed by atoms with Gasteiger partial charge in [0, 0.05) is 12.0 Å². The van der Waals surface area contributed by atoms with Crippen molar-refractivity contribution in [1.29, 1.82) is 0 Å². The number of carbonyl (C=O) groups excluding carboxylic acids is 1. The number of ketones is 1. The Morgan fingerprint density at radius 1 is 1.25 bits per heavy atom. The molecule has 2 atom stereocenters. The van der Waals surface area contributed by atoms with Gasteiger partial charge in [-0.15, -0.1) is 0 Å². The molecule has 2 nitrogen and oxygen atoms in total. The van der Waals surface area contributed by atoms with Gasteiger partial charge in [-0.3, -0.25) is 4.79 Å². The summed E-state index contributed by atoms with van der Waals surface area (Å²) in [5, 5.41) is 0. The molecule has 2 rings (SSSR count). The van der Waals surface area contributed by atoms with E-state index >= 15 is 0 Å². The van der Waals surface area contributed by atoms with Gasteiger partial charge in [-0.25, -0.2) is 0 Å². The normalized spacial score (nSPS) is 46.2. The highest BCUT2D eigenvalue weighted by molar-refractivity contribution is 5.78. The first-order valence-corrected chi connectivity index (χ1v) is 4.94. The van der Waals surface area contributed by atoms with Crippen LogP contribution in [0.2, 0.25) is 0 Å². The number of hydrogen-bond acceptors (Lipinski definition) is 2. The van der Waals surface area contributed by atoms with Crippen LogP contribution < -0.4 is 5.73 Å². The fraction of sp³-hybridized carbons (Fsp3) is 0.900. The summed E-state index contributed by atoms with van der Waals surface area (Å²) in [7, 11) is 0. The minimum absolute atomic E-state index is 0.335. The first kappa shape index (κ1) is 8.24. The molecule has 0 aromatic carbocycles. The molecule has 2 aliphatic rings. The van der Waals surface area contributed by atoms with Gasteiger partial charge in [0.25, 0.3) is 0 Å². The first-order valence-electron chi connectivity index (χ1n) is 4.94. The summed E-state index contributed by atoms with van der Waals surface area (Å²) in [5.41, 5.74) is 6.04. The van der Waals surface area contributed by atoms with Gasteiger partial charge in [-0.2, -0.15) is 0 Å². The molecule has 0 saturated heterocycles. The largest absolute Gasteiger partial charge is 0.327 e. The lowest BCUT2D eigenvalue weighted by atomic mass is 9.76. The monoisotopic (exact) mass is 167 g/mol. The highest BCUT2D eigenvalue weighted by Gasteiger charge is 2.41. The quantitative estimate of drug-likeness (QED) is 0.640. The van der Waals surface area contributed by atoms with Crippen molar-refractivity contribution in [1.82, 2.24) is 0 Å². The van der Waals surface area contributed by atoms with Gasteiger partial charge < -0.3 is 5.73 Å². The highest BCUT2D eigenvalue weighted by atomic mass is 16.1. The zero-order chi connectivity index (χ0) is 8.72. The van der Waals surface area contributed by atoms with Gasteiger partial charge >= 0.3 is 0 Å². The molecule has 2 N–H and O–H groups in total. The third kappa shape index (κ3) is 1.18. The van der Waals surface area contributed by atoms with E-state index in [0.717, 1.165) is 12.8 Å². The molecule has 0 aromatic heterocycles. The summed E-state index contributed by atoms with van der Waals surface area (Å²) in [6.07, 6.45) is 4.64. The summed E-state index contributed by atoms with van der Waals surface area (Å²) >= 11 is 0. The lowest BCUT2D eigenvalue weighted by molar-refractivity contribution is -0.122. The summed E-state index contributed by atoms with van der Waals surface area (Å²) < 4.78 is 0. The smallest absolute Gasteiger partial charge is 0.132 e. The predicted octanol–water partition coefficient (Wildman–Crippen LogP) is 1.34. The van der Waals surface area contributed by atoms with E-state index in [1.165, 1.54) is 12.8 Å². The molecule has 0 aromatic rings. The zero-order valence-electron chi connectivity index (χ0n) is 7.62. The van der Waals surface area contributed by atoms with Crippen LogP contribution in [0.3, 0.4) is 0 Å². The SMILES string of the molecule is CC(=O)C1CC2CCC(C1)C2N.